The predicted octanol–water partition coefficient (Wildman–Crippen LogP) is 3.40. The standard InChI is InChI=1S/C18H15Cl2FN2O3/c19-10-2-1-9(6-11(10)20)23-18(25)16-13-7-12(24)17(26-13)15(16)8-3-4-22-14(21)5-8/h1-6,12-13,15-17,24H,7H2,(H,23,25)/t12-,13+,15+,16-,17-/m0/s1. The molecule has 2 fully saturated rings. The molecule has 2 aliphatic rings. The molecular weight excluding hydrogens is 382 g/mol. The van der Waals surface area contributed by atoms with Gasteiger partial charge < -0.3 is 15.2 Å². The summed E-state index contributed by atoms with van der Waals surface area (Å²) in [6.07, 6.45) is 0.0474. The van der Waals surface area contributed by atoms with E-state index in [9.17, 15) is 14.3 Å². The van der Waals surface area contributed by atoms with Gasteiger partial charge in [0.15, 0.2) is 0 Å². The lowest BCUT2D eigenvalue weighted by atomic mass is 9.74. The Bertz CT molecular complexity index is 866. The highest BCUT2D eigenvalue weighted by atomic mass is 35.5. The van der Waals surface area contributed by atoms with Gasteiger partial charge >= 0.3 is 0 Å². The Morgan fingerprint density at radius 3 is 2.81 bits per heavy atom. The average Bonchev–Trinajstić information content (AvgIpc) is 3.15. The lowest BCUT2D eigenvalue weighted by molar-refractivity contribution is -0.121. The molecule has 0 aliphatic carbocycles. The number of carbonyl (C=O) groups is 1. The Kier molecular flexibility index (Phi) is 4.61. The Labute approximate surface area is 159 Å². The Balaban J connectivity index is 1.62. The van der Waals surface area contributed by atoms with Crippen LogP contribution in [0.25, 0.3) is 0 Å². The Morgan fingerprint density at radius 2 is 2.08 bits per heavy atom. The van der Waals surface area contributed by atoms with Crippen LogP contribution in [-0.2, 0) is 9.53 Å². The van der Waals surface area contributed by atoms with Crippen LogP contribution in [0.5, 0.6) is 0 Å². The van der Waals surface area contributed by atoms with Crippen molar-refractivity contribution in [2.45, 2.75) is 30.7 Å². The second kappa shape index (κ2) is 6.78. The van der Waals surface area contributed by atoms with E-state index in [0.29, 0.717) is 27.7 Å². The van der Waals surface area contributed by atoms with Crippen molar-refractivity contribution >= 4 is 34.8 Å². The zero-order chi connectivity index (χ0) is 18.4. The minimum absolute atomic E-state index is 0.273. The van der Waals surface area contributed by atoms with Gasteiger partial charge in [-0.3, -0.25) is 4.79 Å². The smallest absolute Gasteiger partial charge is 0.230 e. The van der Waals surface area contributed by atoms with Crippen LogP contribution >= 0.6 is 23.2 Å². The number of aliphatic hydroxyl groups is 1. The fourth-order valence-electron chi connectivity index (χ4n) is 3.86. The molecule has 2 aromatic rings. The summed E-state index contributed by atoms with van der Waals surface area (Å²) in [5, 5.41) is 13.7. The normalized spacial score (nSPS) is 29.8. The molecule has 1 aromatic carbocycles. The highest BCUT2D eigenvalue weighted by Gasteiger charge is 2.57. The third-order valence-electron chi connectivity index (χ3n) is 4.95. The van der Waals surface area contributed by atoms with Gasteiger partial charge in [0.05, 0.1) is 34.3 Å². The number of hydrogen-bond donors (Lipinski definition) is 2. The van der Waals surface area contributed by atoms with Gasteiger partial charge in [0.1, 0.15) is 0 Å². The van der Waals surface area contributed by atoms with Gasteiger partial charge in [0.25, 0.3) is 0 Å². The van der Waals surface area contributed by atoms with Crippen LogP contribution in [0.1, 0.15) is 17.9 Å². The molecule has 3 heterocycles. The van der Waals surface area contributed by atoms with Crippen molar-refractivity contribution in [1.82, 2.24) is 4.98 Å². The number of anilines is 1. The lowest BCUT2D eigenvalue weighted by Crippen LogP contribution is -2.41. The quantitative estimate of drug-likeness (QED) is 0.779. The molecule has 0 saturated carbocycles. The van der Waals surface area contributed by atoms with E-state index in [0.717, 1.165) is 0 Å². The first kappa shape index (κ1) is 17.7. The third-order valence-corrected chi connectivity index (χ3v) is 5.69. The minimum atomic E-state index is -0.685. The topological polar surface area (TPSA) is 71.5 Å². The largest absolute Gasteiger partial charge is 0.390 e. The highest BCUT2D eigenvalue weighted by Crippen LogP contribution is 2.49. The molecule has 2 N–H and O–H groups in total. The monoisotopic (exact) mass is 396 g/mol. The van der Waals surface area contributed by atoms with Crippen molar-refractivity contribution in [3.8, 4) is 0 Å². The number of rotatable bonds is 3. The molecule has 2 aliphatic heterocycles. The summed E-state index contributed by atoms with van der Waals surface area (Å²) < 4.78 is 19.4. The first-order valence-corrected chi connectivity index (χ1v) is 8.90. The third kappa shape index (κ3) is 3.07. The molecule has 1 amide bonds. The van der Waals surface area contributed by atoms with Gasteiger partial charge in [-0.25, -0.2) is 4.98 Å². The zero-order valence-electron chi connectivity index (χ0n) is 13.4. The van der Waals surface area contributed by atoms with Gasteiger partial charge in [-0.15, -0.1) is 0 Å². The molecule has 1 aromatic heterocycles. The number of ether oxygens (including phenoxy) is 1. The number of nitrogens with zero attached hydrogens (tertiary/aromatic N) is 1. The van der Waals surface area contributed by atoms with Crippen LogP contribution in [0.3, 0.4) is 0 Å². The molecule has 0 unspecified atom stereocenters. The number of carbonyl (C=O) groups excluding carboxylic acids is 1. The van der Waals surface area contributed by atoms with Crippen molar-refractivity contribution in [2.75, 3.05) is 5.32 Å². The van der Waals surface area contributed by atoms with E-state index in [-0.39, 0.29) is 5.91 Å². The average molecular weight is 397 g/mol. The molecule has 136 valence electrons. The summed E-state index contributed by atoms with van der Waals surface area (Å²) in [4.78, 5) is 16.5. The van der Waals surface area contributed by atoms with Crippen molar-refractivity contribution < 1.29 is 19.0 Å². The number of halogens is 3. The van der Waals surface area contributed by atoms with E-state index in [1.807, 2.05) is 0 Å². The maximum absolute atomic E-state index is 13.6. The van der Waals surface area contributed by atoms with Crippen LogP contribution in [0, 0.1) is 11.9 Å². The van der Waals surface area contributed by atoms with E-state index in [1.165, 1.54) is 12.3 Å². The molecule has 5 atom stereocenters. The maximum Gasteiger partial charge on any atom is 0.230 e. The van der Waals surface area contributed by atoms with Crippen molar-refractivity contribution in [3.05, 3.63) is 58.1 Å². The van der Waals surface area contributed by atoms with Crippen molar-refractivity contribution in [1.29, 1.82) is 0 Å². The first-order chi connectivity index (χ1) is 12.4. The van der Waals surface area contributed by atoms with E-state index in [4.69, 9.17) is 27.9 Å². The molecule has 4 rings (SSSR count). The van der Waals surface area contributed by atoms with Crippen LogP contribution in [-0.4, -0.2) is 34.3 Å². The van der Waals surface area contributed by atoms with Crippen molar-refractivity contribution in [3.63, 3.8) is 0 Å². The van der Waals surface area contributed by atoms with Gasteiger partial charge in [-0.1, -0.05) is 23.2 Å². The summed E-state index contributed by atoms with van der Waals surface area (Å²) in [6, 6.07) is 7.73. The summed E-state index contributed by atoms with van der Waals surface area (Å²) in [6.45, 7) is 0. The lowest BCUT2D eigenvalue weighted by Gasteiger charge is -2.30. The van der Waals surface area contributed by atoms with Crippen LogP contribution in [0.4, 0.5) is 10.1 Å². The number of aliphatic hydroxyl groups excluding tert-OH is 1. The van der Waals surface area contributed by atoms with Crippen molar-refractivity contribution in [2.24, 2.45) is 5.92 Å². The van der Waals surface area contributed by atoms with Crippen LogP contribution < -0.4 is 5.32 Å². The van der Waals surface area contributed by atoms with E-state index < -0.39 is 36.1 Å². The molecule has 0 radical (unpaired) electrons. The maximum atomic E-state index is 13.6. The summed E-state index contributed by atoms with van der Waals surface area (Å²) in [5.41, 5.74) is 1.09. The van der Waals surface area contributed by atoms with E-state index in [1.54, 1.807) is 24.3 Å². The fraction of sp³-hybridized carbons (Fsp3) is 0.333. The molecule has 26 heavy (non-hydrogen) atoms. The number of nitrogens with one attached hydrogen (secondary N) is 1. The number of fused-ring (bicyclic) bond motifs is 2. The SMILES string of the molecule is O=C(Nc1ccc(Cl)c(Cl)c1)[C@@H]1[C@@H](c2ccnc(F)c2)[C@H]2O[C@@H]1C[C@@H]2O. The molecule has 2 saturated heterocycles. The second-order valence-electron chi connectivity index (χ2n) is 6.52. The summed E-state index contributed by atoms with van der Waals surface area (Å²) in [5.74, 6) is -1.92. The first-order valence-electron chi connectivity index (χ1n) is 8.15. The molecule has 0 spiro atoms. The van der Waals surface area contributed by atoms with Crippen LogP contribution in [0.2, 0.25) is 10.0 Å². The van der Waals surface area contributed by atoms with E-state index >= 15 is 0 Å². The van der Waals surface area contributed by atoms with Crippen LogP contribution in [0.15, 0.2) is 36.5 Å². The number of amides is 1. The zero-order valence-corrected chi connectivity index (χ0v) is 14.9. The molecule has 8 heteroatoms. The molecular formula is C18H15Cl2FN2O3. The highest BCUT2D eigenvalue weighted by molar-refractivity contribution is 6.42. The minimum Gasteiger partial charge on any atom is -0.390 e. The molecule has 5 nitrogen and oxygen atoms in total. The summed E-state index contributed by atoms with van der Waals surface area (Å²) in [7, 11) is 0. The molecule has 2 bridgehead atoms. The number of pyridine rings is 1. The number of hydrogen-bond acceptors (Lipinski definition) is 4. The van der Waals surface area contributed by atoms with Gasteiger partial charge in [0, 0.05) is 24.2 Å². The van der Waals surface area contributed by atoms with E-state index in [2.05, 4.69) is 10.3 Å². The van der Waals surface area contributed by atoms with Gasteiger partial charge in [0.2, 0.25) is 11.9 Å². The second-order valence-corrected chi connectivity index (χ2v) is 7.34. The summed E-state index contributed by atoms with van der Waals surface area (Å²) >= 11 is 11.9. The number of aromatic nitrogens is 1. The predicted molar refractivity (Wildman–Crippen MR) is 94.8 cm³/mol. The van der Waals surface area contributed by atoms with Gasteiger partial charge in [-0.2, -0.15) is 4.39 Å². The Hall–Kier alpha value is -1.73. The van der Waals surface area contributed by atoms with Gasteiger partial charge in [-0.05, 0) is 35.9 Å². The fourth-order valence-corrected chi connectivity index (χ4v) is 4.16. The Morgan fingerprint density at radius 1 is 1.27 bits per heavy atom. The number of benzene rings is 1.